The third kappa shape index (κ3) is 4.84. The van der Waals surface area contributed by atoms with E-state index in [1.54, 1.807) is 0 Å². The molecule has 0 radical (unpaired) electrons. The second kappa shape index (κ2) is 7.93. The maximum atomic E-state index is 11.7. The van der Waals surface area contributed by atoms with Gasteiger partial charge in [0.25, 0.3) is 5.56 Å². The second-order valence-corrected chi connectivity index (χ2v) is 5.76. The second-order valence-electron chi connectivity index (χ2n) is 5.76. The van der Waals surface area contributed by atoms with Gasteiger partial charge in [-0.2, -0.15) is 0 Å². The third-order valence-corrected chi connectivity index (χ3v) is 4.00. The average Bonchev–Trinajstić information content (AvgIpc) is 2.48. The highest BCUT2D eigenvalue weighted by molar-refractivity contribution is 5.75. The Hall–Kier alpha value is -1.89. The number of carbonyl (C=O) groups excluding carboxylic acids is 1. The lowest BCUT2D eigenvalue weighted by molar-refractivity contribution is -0.122. The van der Waals surface area contributed by atoms with Crippen molar-refractivity contribution in [3.8, 4) is 0 Å². The average molecular weight is 309 g/mol. The van der Waals surface area contributed by atoms with E-state index in [1.807, 2.05) is 0 Å². The highest BCUT2D eigenvalue weighted by atomic mass is 16.5. The van der Waals surface area contributed by atoms with Crippen molar-refractivity contribution in [2.75, 3.05) is 13.2 Å². The summed E-state index contributed by atoms with van der Waals surface area (Å²) in [6, 6.07) is 1.21. The van der Waals surface area contributed by atoms with Gasteiger partial charge < -0.3 is 10.1 Å². The Bertz CT molecular complexity index is 607. The lowest BCUT2D eigenvalue weighted by atomic mass is 9.88. The number of aromatic amines is 1. The molecule has 0 bridgehead atoms. The van der Waals surface area contributed by atoms with E-state index in [9.17, 15) is 14.4 Å². The SMILES string of the molecule is C[C@H]1CCCC[C@@H]1OCCNC(=O)Cn1ccc(=O)[nH]c1=O. The predicted molar refractivity (Wildman–Crippen MR) is 81.7 cm³/mol. The van der Waals surface area contributed by atoms with Gasteiger partial charge in [-0.15, -0.1) is 0 Å². The highest BCUT2D eigenvalue weighted by Crippen LogP contribution is 2.25. The molecular weight excluding hydrogens is 286 g/mol. The summed E-state index contributed by atoms with van der Waals surface area (Å²) in [5.41, 5.74) is -1.06. The van der Waals surface area contributed by atoms with Crippen molar-refractivity contribution < 1.29 is 9.53 Å². The minimum absolute atomic E-state index is 0.116. The minimum Gasteiger partial charge on any atom is -0.376 e. The maximum absolute atomic E-state index is 11.7. The summed E-state index contributed by atoms with van der Waals surface area (Å²) in [7, 11) is 0. The van der Waals surface area contributed by atoms with Crippen LogP contribution in [0.3, 0.4) is 0 Å². The van der Waals surface area contributed by atoms with Crippen molar-refractivity contribution in [1.29, 1.82) is 0 Å². The van der Waals surface area contributed by atoms with Gasteiger partial charge in [0.15, 0.2) is 0 Å². The Morgan fingerprint density at radius 2 is 2.18 bits per heavy atom. The van der Waals surface area contributed by atoms with Crippen molar-refractivity contribution in [2.24, 2.45) is 5.92 Å². The monoisotopic (exact) mass is 309 g/mol. The van der Waals surface area contributed by atoms with Crippen LogP contribution in [0.2, 0.25) is 0 Å². The first-order valence-corrected chi connectivity index (χ1v) is 7.74. The van der Waals surface area contributed by atoms with Crippen LogP contribution >= 0.6 is 0 Å². The first-order valence-electron chi connectivity index (χ1n) is 7.74. The summed E-state index contributed by atoms with van der Waals surface area (Å²) in [6.45, 7) is 2.97. The van der Waals surface area contributed by atoms with Crippen LogP contribution in [0.4, 0.5) is 0 Å². The summed E-state index contributed by atoms with van der Waals surface area (Å²) in [5, 5.41) is 2.71. The molecule has 0 aromatic carbocycles. The zero-order valence-electron chi connectivity index (χ0n) is 12.8. The first kappa shape index (κ1) is 16.5. The number of hydrogen-bond donors (Lipinski definition) is 2. The maximum Gasteiger partial charge on any atom is 0.328 e. The van der Waals surface area contributed by atoms with Gasteiger partial charge >= 0.3 is 5.69 Å². The molecule has 1 heterocycles. The zero-order chi connectivity index (χ0) is 15.9. The lowest BCUT2D eigenvalue weighted by Crippen LogP contribution is -2.37. The molecule has 0 unspecified atom stereocenters. The lowest BCUT2D eigenvalue weighted by Gasteiger charge is -2.28. The van der Waals surface area contributed by atoms with E-state index in [0.717, 1.165) is 11.0 Å². The Morgan fingerprint density at radius 3 is 2.91 bits per heavy atom. The Kier molecular flexibility index (Phi) is 5.94. The van der Waals surface area contributed by atoms with Gasteiger partial charge in [-0.3, -0.25) is 19.1 Å². The van der Waals surface area contributed by atoms with E-state index in [1.165, 1.54) is 31.5 Å². The number of H-pyrrole nitrogens is 1. The Balaban J connectivity index is 1.69. The third-order valence-electron chi connectivity index (χ3n) is 4.00. The van der Waals surface area contributed by atoms with Crippen LogP contribution in [0.25, 0.3) is 0 Å². The molecule has 7 nitrogen and oxygen atoms in total. The van der Waals surface area contributed by atoms with E-state index >= 15 is 0 Å². The topological polar surface area (TPSA) is 93.2 Å². The van der Waals surface area contributed by atoms with Crippen LogP contribution in [-0.2, 0) is 16.1 Å². The van der Waals surface area contributed by atoms with Crippen molar-refractivity contribution in [3.63, 3.8) is 0 Å². The summed E-state index contributed by atoms with van der Waals surface area (Å²) in [6.07, 6.45) is 6.35. The molecule has 1 aromatic rings. The molecular formula is C15H23N3O4. The molecule has 1 aliphatic carbocycles. The highest BCUT2D eigenvalue weighted by Gasteiger charge is 2.21. The van der Waals surface area contributed by atoms with Crippen molar-refractivity contribution in [2.45, 2.75) is 45.3 Å². The number of nitrogens with one attached hydrogen (secondary N) is 2. The van der Waals surface area contributed by atoms with Crippen LogP contribution < -0.4 is 16.6 Å². The number of rotatable bonds is 6. The van der Waals surface area contributed by atoms with Gasteiger partial charge in [-0.25, -0.2) is 4.79 Å². The number of amides is 1. The van der Waals surface area contributed by atoms with E-state index in [0.29, 0.717) is 19.1 Å². The summed E-state index contributed by atoms with van der Waals surface area (Å²) in [5.74, 6) is 0.290. The standard InChI is InChI=1S/C15H23N3O4/c1-11-4-2-3-5-12(11)22-9-7-16-14(20)10-18-8-6-13(19)17-15(18)21/h6,8,11-12H,2-5,7,9-10H2,1H3,(H,16,20)(H,17,19,21)/t11-,12-/m0/s1. The van der Waals surface area contributed by atoms with Gasteiger partial charge in [0.2, 0.25) is 5.91 Å². The molecule has 1 saturated carbocycles. The van der Waals surface area contributed by atoms with Crippen molar-refractivity contribution >= 4 is 5.91 Å². The van der Waals surface area contributed by atoms with E-state index in [2.05, 4.69) is 17.2 Å². The van der Waals surface area contributed by atoms with Crippen molar-refractivity contribution in [3.05, 3.63) is 33.1 Å². The van der Waals surface area contributed by atoms with Crippen LogP contribution in [0, 0.1) is 5.92 Å². The van der Waals surface area contributed by atoms with Crippen LogP contribution in [0.1, 0.15) is 32.6 Å². The van der Waals surface area contributed by atoms with Crippen LogP contribution in [-0.4, -0.2) is 34.7 Å². The molecule has 1 aliphatic rings. The molecule has 0 aliphatic heterocycles. The summed E-state index contributed by atoms with van der Waals surface area (Å²) in [4.78, 5) is 36.2. The summed E-state index contributed by atoms with van der Waals surface area (Å²) < 4.78 is 6.96. The van der Waals surface area contributed by atoms with E-state index < -0.39 is 11.2 Å². The van der Waals surface area contributed by atoms with Gasteiger partial charge in [0.05, 0.1) is 12.7 Å². The first-order chi connectivity index (χ1) is 10.6. The molecule has 2 N–H and O–H groups in total. The molecule has 22 heavy (non-hydrogen) atoms. The fourth-order valence-corrected chi connectivity index (χ4v) is 2.71. The quantitative estimate of drug-likeness (QED) is 0.737. The number of nitrogens with zero attached hydrogens (tertiary/aromatic N) is 1. The molecule has 2 atom stereocenters. The van der Waals surface area contributed by atoms with Crippen molar-refractivity contribution in [1.82, 2.24) is 14.9 Å². The largest absolute Gasteiger partial charge is 0.376 e. The van der Waals surface area contributed by atoms with Crippen LogP contribution in [0.15, 0.2) is 21.9 Å². The number of carbonyl (C=O) groups is 1. The fourth-order valence-electron chi connectivity index (χ4n) is 2.71. The van der Waals surface area contributed by atoms with Crippen LogP contribution in [0.5, 0.6) is 0 Å². The molecule has 122 valence electrons. The van der Waals surface area contributed by atoms with E-state index in [-0.39, 0.29) is 18.6 Å². The smallest absolute Gasteiger partial charge is 0.328 e. The number of aromatic nitrogens is 2. The minimum atomic E-state index is -0.588. The number of ether oxygens (including phenoxy) is 1. The molecule has 0 spiro atoms. The molecule has 1 amide bonds. The molecule has 2 rings (SSSR count). The van der Waals surface area contributed by atoms with Gasteiger partial charge in [-0.1, -0.05) is 19.8 Å². The molecule has 1 fully saturated rings. The molecule has 7 heteroatoms. The fraction of sp³-hybridized carbons (Fsp3) is 0.667. The van der Waals surface area contributed by atoms with E-state index in [4.69, 9.17) is 4.74 Å². The zero-order valence-corrected chi connectivity index (χ0v) is 12.8. The Morgan fingerprint density at radius 1 is 1.41 bits per heavy atom. The van der Waals surface area contributed by atoms with Gasteiger partial charge in [-0.05, 0) is 18.8 Å². The van der Waals surface area contributed by atoms with Gasteiger partial charge in [0.1, 0.15) is 6.54 Å². The normalized spacial score (nSPS) is 21.5. The predicted octanol–water partition coefficient (Wildman–Crippen LogP) is 0.248. The molecule has 0 saturated heterocycles. The van der Waals surface area contributed by atoms with Gasteiger partial charge in [0, 0.05) is 18.8 Å². The summed E-state index contributed by atoms with van der Waals surface area (Å²) >= 11 is 0. The number of hydrogen-bond acceptors (Lipinski definition) is 4. The molecule has 1 aromatic heterocycles. The Labute approximate surface area is 128 Å².